The standard InChI is InChI=1S/C16H22N2O2/c1-12(2)14(11-18-3)9-13-5-6-15(20-8-7-17)16(10-13)19-4/h5-6,9-10,12,18H,8,11H2,1-4H3. The third-order valence-electron chi connectivity index (χ3n) is 2.95. The molecule has 0 spiro atoms. The van der Waals surface area contributed by atoms with Gasteiger partial charge in [-0.3, -0.25) is 0 Å². The molecule has 0 bridgehead atoms. The van der Waals surface area contributed by atoms with E-state index in [1.165, 1.54) is 5.57 Å². The van der Waals surface area contributed by atoms with Gasteiger partial charge in [-0.25, -0.2) is 0 Å². The Morgan fingerprint density at radius 1 is 1.40 bits per heavy atom. The van der Waals surface area contributed by atoms with E-state index in [-0.39, 0.29) is 6.61 Å². The van der Waals surface area contributed by atoms with Crippen LogP contribution in [0.5, 0.6) is 11.5 Å². The molecule has 1 rings (SSSR count). The molecule has 0 fully saturated rings. The fraction of sp³-hybridized carbons (Fsp3) is 0.438. The van der Waals surface area contributed by atoms with E-state index < -0.39 is 0 Å². The molecular formula is C16H22N2O2. The van der Waals surface area contributed by atoms with Crippen LogP contribution >= 0.6 is 0 Å². The smallest absolute Gasteiger partial charge is 0.174 e. The van der Waals surface area contributed by atoms with Crippen molar-refractivity contribution in [1.29, 1.82) is 5.26 Å². The number of ether oxygens (including phenoxy) is 2. The van der Waals surface area contributed by atoms with Crippen LogP contribution in [0, 0.1) is 17.2 Å². The molecule has 108 valence electrons. The van der Waals surface area contributed by atoms with Gasteiger partial charge in [-0.1, -0.05) is 31.6 Å². The quantitative estimate of drug-likeness (QED) is 0.830. The zero-order valence-corrected chi connectivity index (χ0v) is 12.6. The summed E-state index contributed by atoms with van der Waals surface area (Å²) in [5, 5.41) is 11.7. The van der Waals surface area contributed by atoms with Crippen molar-refractivity contribution in [2.45, 2.75) is 13.8 Å². The Morgan fingerprint density at radius 3 is 2.70 bits per heavy atom. The van der Waals surface area contributed by atoms with Crippen LogP contribution < -0.4 is 14.8 Å². The summed E-state index contributed by atoms with van der Waals surface area (Å²) < 4.78 is 10.6. The molecule has 1 N–H and O–H groups in total. The third-order valence-corrected chi connectivity index (χ3v) is 2.95. The average molecular weight is 274 g/mol. The van der Waals surface area contributed by atoms with Crippen LogP contribution in [0.4, 0.5) is 0 Å². The van der Waals surface area contributed by atoms with E-state index in [4.69, 9.17) is 14.7 Å². The van der Waals surface area contributed by atoms with E-state index in [1.54, 1.807) is 7.11 Å². The van der Waals surface area contributed by atoms with E-state index in [0.717, 1.165) is 12.1 Å². The Labute approximate surface area is 121 Å². The minimum atomic E-state index is 0.0164. The number of hydrogen-bond acceptors (Lipinski definition) is 4. The highest BCUT2D eigenvalue weighted by atomic mass is 16.5. The summed E-state index contributed by atoms with van der Waals surface area (Å²) in [4.78, 5) is 0. The van der Waals surface area contributed by atoms with Crippen molar-refractivity contribution in [1.82, 2.24) is 5.32 Å². The first-order chi connectivity index (χ1) is 9.62. The van der Waals surface area contributed by atoms with Crippen LogP contribution in [0.25, 0.3) is 6.08 Å². The Morgan fingerprint density at radius 2 is 2.15 bits per heavy atom. The average Bonchev–Trinajstić information content (AvgIpc) is 2.45. The van der Waals surface area contributed by atoms with Crippen LogP contribution in [0.1, 0.15) is 19.4 Å². The van der Waals surface area contributed by atoms with Gasteiger partial charge in [0.05, 0.1) is 7.11 Å². The molecule has 0 unspecified atom stereocenters. The number of benzene rings is 1. The topological polar surface area (TPSA) is 54.3 Å². The number of hydrogen-bond donors (Lipinski definition) is 1. The van der Waals surface area contributed by atoms with E-state index in [1.807, 2.05) is 31.3 Å². The molecule has 0 amide bonds. The number of nitrogens with zero attached hydrogens (tertiary/aromatic N) is 1. The van der Waals surface area contributed by atoms with E-state index in [9.17, 15) is 0 Å². The molecular weight excluding hydrogens is 252 g/mol. The Hall–Kier alpha value is -1.99. The first kappa shape index (κ1) is 16.1. The second-order valence-electron chi connectivity index (χ2n) is 4.76. The highest BCUT2D eigenvalue weighted by Crippen LogP contribution is 2.29. The fourth-order valence-electron chi connectivity index (χ4n) is 1.84. The Bertz CT molecular complexity index is 502. The van der Waals surface area contributed by atoms with Crippen molar-refractivity contribution in [3.63, 3.8) is 0 Å². The molecule has 0 aromatic heterocycles. The van der Waals surface area contributed by atoms with Crippen LogP contribution in [0.15, 0.2) is 23.8 Å². The van der Waals surface area contributed by atoms with Gasteiger partial charge >= 0.3 is 0 Å². The van der Waals surface area contributed by atoms with Gasteiger partial charge in [0.25, 0.3) is 0 Å². The molecule has 0 heterocycles. The molecule has 1 aromatic carbocycles. The molecule has 0 aliphatic heterocycles. The van der Waals surface area contributed by atoms with E-state index in [2.05, 4.69) is 25.2 Å². The molecule has 1 aromatic rings. The number of nitriles is 1. The van der Waals surface area contributed by atoms with Crippen LogP contribution in [-0.2, 0) is 0 Å². The summed E-state index contributed by atoms with van der Waals surface area (Å²) in [6.07, 6.45) is 2.15. The molecule has 0 radical (unpaired) electrons. The lowest BCUT2D eigenvalue weighted by Crippen LogP contribution is -2.13. The number of rotatable bonds is 7. The van der Waals surface area contributed by atoms with Crippen molar-refractivity contribution < 1.29 is 9.47 Å². The van der Waals surface area contributed by atoms with Gasteiger partial charge in [-0.2, -0.15) is 5.26 Å². The summed E-state index contributed by atoms with van der Waals surface area (Å²) in [5.41, 5.74) is 2.38. The zero-order valence-electron chi connectivity index (χ0n) is 12.6. The predicted molar refractivity (Wildman–Crippen MR) is 80.8 cm³/mol. The SMILES string of the molecule is CNCC(=Cc1ccc(OCC#N)c(OC)c1)C(C)C. The fourth-order valence-corrected chi connectivity index (χ4v) is 1.84. The number of nitrogens with one attached hydrogen (secondary N) is 1. The summed E-state index contributed by atoms with van der Waals surface area (Å²) >= 11 is 0. The lowest BCUT2D eigenvalue weighted by Gasteiger charge is -2.12. The lowest BCUT2D eigenvalue weighted by atomic mass is 10.00. The molecule has 0 atom stereocenters. The van der Waals surface area contributed by atoms with Gasteiger partial charge in [0.2, 0.25) is 0 Å². The summed E-state index contributed by atoms with van der Waals surface area (Å²) in [6, 6.07) is 7.67. The molecule has 0 aliphatic carbocycles. The maximum Gasteiger partial charge on any atom is 0.174 e. The lowest BCUT2D eigenvalue weighted by molar-refractivity contribution is 0.329. The van der Waals surface area contributed by atoms with Crippen molar-refractivity contribution >= 4 is 6.08 Å². The maximum atomic E-state index is 8.55. The molecule has 0 aliphatic rings. The first-order valence-corrected chi connectivity index (χ1v) is 6.65. The van der Waals surface area contributed by atoms with E-state index >= 15 is 0 Å². The molecule has 4 nitrogen and oxygen atoms in total. The van der Waals surface area contributed by atoms with Gasteiger partial charge in [-0.05, 0) is 30.7 Å². The van der Waals surface area contributed by atoms with Gasteiger partial charge < -0.3 is 14.8 Å². The monoisotopic (exact) mass is 274 g/mol. The minimum Gasteiger partial charge on any atom is -0.493 e. The molecule has 0 saturated heterocycles. The molecule has 20 heavy (non-hydrogen) atoms. The number of likely N-dealkylation sites (N-methyl/N-ethyl adjacent to an activating group) is 1. The van der Waals surface area contributed by atoms with Crippen LogP contribution in [-0.4, -0.2) is 27.3 Å². The van der Waals surface area contributed by atoms with Crippen molar-refractivity contribution in [3.8, 4) is 17.6 Å². The van der Waals surface area contributed by atoms with Crippen LogP contribution in [0.2, 0.25) is 0 Å². The summed E-state index contributed by atoms with van der Waals surface area (Å²) in [6.45, 7) is 5.21. The normalized spacial score (nSPS) is 11.3. The van der Waals surface area contributed by atoms with Crippen LogP contribution in [0.3, 0.4) is 0 Å². The van der Waals surface area contributed by atoms with Crippen molar-refractivity contribution in [2.75, 3.05) is 27.3 Å². The summed E-state index contributed by atoms with van der Waals surface area (Å²) in [7, 11) is 3.54. The van der Waals surface area contributed by atoms with Gasteiger partial charge in [0, 0.05) is 6.54 Å². The van der Waals surface area contributed by atoms with Gasteiger partial charge in [-0.15, -0.1) is 0 Å². The highest BCUT2D eigenvalue weighted by molar-refractivity contribution is 5.58. The van der Waals surface area contributed by atoms with Crippen molar-refractivity contribution in [2.24, 2.45) is 5.92 Å². The second kappa shape index (κ2) is 8.23. The third kappa shape index (κ3) is 4.60. The maximum absolute atomic E-state index is 8.55. The largest absolute Gasteiger partial charge is 0.493 e. The van der Waals surface area contributed by atoms with Crippen molar-refractivity contribution in [3.05, 3.63) is 29.3 Å². The van der Waals surface area contributed by atoms with Gasteiger partial charge in [0.15, 0.2) is 18.1 Å². The Balaban J connectivity index is 3.02. The first-order valence-electron chi connectivity index (χ1n) is 6.65. The molecule has 0 saturated carbocycles. The number of methoxy groups -OCH3 is 1. The second-order valence-corrected chi connectivity index (χ2v) is 4.76. The minimum absolute atomic E-state index is 0.0164. The predicted octanol–water partition coefficient (Wildman–Crippen LogP) is 2.86. The highest BCUT2D eigenvalue weighted by Gasteiger charge is 2.07. The summed E-state index contributed by atoms with van der Waals surface area (Å²) in [5.74, 6) is 1.70. The van der Waals surface area contributed by atoms with E-state index in [0.29, 0.717) is 17.4 Å². The van der Waals surface area contributed by atoms with Gasteiger partial charge in [0.1, 0.15) is 6.07 Å². The Kier molecular flexibility index (Phi) is 6.61. The zero-order chi connectivity index (χ0) is 15.0. The molecule has 4 heteroatoms.